The Hall–Kier alpha value is -2.24. The first-order valence-electron chi connectivity index (χ1n) is 7.67. The van der Waals surface area contributed by atoms with Crippen molar-refractivity contribution in [1.82, 2.24) is 20.1 Å². The molecule has 1 saturated heterocycles. The molecule has 3 heterocycles. The van der Waals surface area contributed by atoms with Crippen molar-refractivity contribution in [3.8, 4) is 0 Å². The highest BCUT2D eigenvalue weighted by Gasteiger charge is 2.28. The minimum absolute atomic E-state index is 0.0416. The average Bonchev–Trinajstić information content (AvgIpc) is 3.05. The van der Waals surface area contributed by atoms with Crippen LogP contribution in [0.15, 0.2) is 28.9 Å². The summed E-state index contributed by atoms with van der Waals surface area (Å²) in [6, 6.07) is 3.58. The second-order valence-electron chi connectivity index (χ2n) is 5.94. The number of hydrogen-bond acceptors (Lipinski definition) is 5. The highest BCUT2D eigenvalue weighted by molar-refractivity contribution is 5.93. The average molecular weight is 300 g/mol. The summed E-state index contributed by atoms with van der Waals surface area (Å²) in [5.74, 6) is 1.92. The number of pyridine rings is 1. The molecule has 2 aromatic heterocycles. The molecule has 0 spiro atoms. The summed E-state index contributed by atoms with van der Waals surface area (Å²) in [6.45, 7) is 5.48. The van der Waals surface area contributed by atoms with E-state index in [4.69, 9.17) is 4.42 Å². The van der Waals surface area contributed by atoms with Gasteiger partial charge < -0.3 is 9.32 Å². The summed E-state index contributed by atoms with van der Waals surface area (Å²) in [5, 5.41) is 8.25. The van der Waals surface area contributed by atoms with E-state index in [-0.39, 0.29) is 17.7 Å². The van der Waals surface area contributed by atoms with E-state index in [0.717, 1.165) is 12.8 Å². The van der Waals surface area contributed by atoms with E-state index >= 15 is 0 Å². The van der Waals surface area contributed by atoms with Gasteiger partial charge in [-0.1, -0.05) is 13.8 Å². The van der Waals surface area contributed by atoms with E-state index < -0.39 is 0 Å². The zero-order valence-electron chi connectivity index (χ0n) is 12.9. The van der Waals surface area contributed by atoms with Crippen LogP contribution in [0.4, 0.5) is 0 Å². The second kappa shape index (κ2) is 6.25. The van der Waals surface area contributed by atoms with Gasteiger partial charge in [-0.2, -0.15) is 0 Å². The maximum atomic E-state index is 12.4. The largest absolute Gasteiger partial charge is 0.425 e. The Morgan fingerprint density at radius 1 is 1.32 bits per heavy atom. The molecule has 116 valence electrons. The van der Waals surface area contributed by atoms with Crippen molar-refractivity contribution in [3.63, 3.8) is 0 Å². The lowest BCUT2D eigenvalue weighted by Crippen LogP contribution is -2.38. The first kappa shape index (κ1) is 14.7. The molecular weight excluding hydrogens is 280 g/mol. The molecule has 1 aliphatic heterocycles. The number of likely N-dealkylation sites (tertiary alicyclic amines) is 1. The molecule has 2 aromatic rings. The first-order chi connectivity index (χ1) is 10.6. The van der Waals surface area contributed by atoms with Crippen molar-refractivity contribution in [2.45, 2.75) is 38.5 Å². The molecule has 0 atom stereocenters. The van der Waals surface area contributed by atoms with Crippen molar-refractivity contribution in [2.75, 3.05) is 13.1 Å². The number of rotatable bonds is 3. The lowest BCUT2D eigenvalue weighted by atomic mass is 9.96. The summed E-state index contributed by atoms with van der Waals surface area (Å²) < 4.78 is 5.73. The molecule has 6 nitrogen and oxygen atoms in total. The summed E-state index contributed by atoms with van der Waals surface area (Å²) in [5.41, 5.74) is 0.640. The van der Waals surface area contributed by atoms with Gasteiger partial charge in [-0.3, -0.25) is 9.78 Å². The lowest BCUT2D eigenvalue weighted by molar-refractivity contribution is 0.0705. The van der Waals surface area contributed by atoms with E-state index in [1.807, 2.05) is 18.7 Å². The monoisotopic (exact) mass is 300 g/mol. The number of amides is 1. The topological polar surface area (TPSA) is 72.1 Å². The number of aromatic nitrogens is 3. The number of hydrogen-bond donors (Lipinski definition) is 0. The van der Waals surface area contributed by atoms with Gasteiger partial charge in [-0.05, 0) is 25.0 Å². The summed E-state index contributed by atoms with van der Waals surface area (Å²) >= 11 is 0. The van der Waals surface area contributed by atoms with Crippen molar-refractivity contribution in [2.24, 2.45) is 0 Å². The molecule has 0 aliphatic carbocycles. The fourth-order valence-corrected chi connectivity index (χ4v) is 2.65. The van der Waals surface area contributed by atoms with Crippen LogP contribution in [0.25, 0.3) is 0 Å². The van der Waals surface area contributed by atoms with Crippen molar-refractivity contribution >= 4 is 5.91 Å². The van der Waals surface area contributed by atoms with E-state index in [0.29, 0.717) is 30.4 Å². The van der Waals surface area contributed by atoms with Crippen molar-refractivity contribution in [3.05, 3.63) is 41.9 Å². The van der Waals surface area contributed by atoms with Gasteiger partial charge in [0.25, 0.3) is 5.91 Å². The normalized spacial score (nSPS) is 16.2. The molecule has 0 saturated carbocycles. The number of carbonyl (C=O) groups excluding carboxylic acids is 1. The molecule has 1 amide bonds. The molecule has 3 rings (SSSR count). The zero-order valence-corrected chi connectivity index (χ0v) is 12.9. The van der Waals surface area contributed by atoms with Crippen LogP contribution in [-0.4, -0.2) is 39.1 Å². The maximum absolute atomic E-state index is 12.4. The molecule has 1 aliphatic rings. The van der Waals surface area contributed by atoms with E-state index in [9.17, 15) is 4.79 Å². The van der Waals surface area contributed by atoms with Crippen LogP contribution in [0.3, 0.4) is 0 Å². The Balaban J connectivity index is 1.61. The van der Waals surface area contributed by atoms with Crippen molar-refractivity contribution < 1.29 is 9.21 Å². The van der Waals surface area contributed by atoms with Gasteiger partial charge in [0.2, 0.25) is 11.8 Å². The molecule has 1 fully saturated rings. The standard InChI is InChI=1S/C16H20N4O2/c1-11(2)14-18-19-15(22-14)12-5-8-20(9-6-12)16(21)13-4-3-7-17-10-13/h3-4,7,10-12H,5-6,8-9H2,1-2H3. The van der Waals surface area contributed by atoms with Gasteiger partial charge in [0.05, 0.1) is 5.56 Å². The highest BCUT2D eigenvalue weighted by atomic mass is 16.4. The predicted octanol–water partition coefficient (Wildman–Crippen LogP) is 2.61. The molecule has 6 heteroatoms. The van der Waals surface area contributed by atoms with Crippen LogP contribution < -0.4 is 0 Å². The van der Waals surface area contributed by atoms with E-state index in [1.54, 1.807) is 24.5 Å². The lowest BCUT2D eigenvalue weighted by Gasteiger charge is -2.30. The van der Waals surface area contributed by atoms with Gasteiger partial charge in [0, 0.05) is 37.3 Å². The molecule has 0 bridgehead atoms. The minimum Gasteiger partial charge on any atom is -0.425 e. The van der Waals surface area contributed by atoms with E-state index in [2.05, 4.69) is 15.2 Å². The van der Waals surface area contributed by atoms with Crippen LogP contribution in [0.2, 0.25) is 0 Å². The Kier molecular flexibility index (Phi) is 4.18. The van der Waals surface area contributed by atoms with Gasteiger partial charge >= 0.3 is 0 Å². The smallest absolute Gasteiger partial charge is 0.255 e. The molecular formula is C16H20N4O2. The van der Waals surface area contributed by atoms with Crippen LogP contribution in [0.5, 0.6) is 0 Å². The molecule has 0 aromatic carbocycles. The van der Waals surface area contributed by atoms with Crippen molar-refractivity contribution in [1.29, 1.82) is 0 Å². The Morgan fingerprint density at radius 3 is 2.68 bits per heavy atom. The van der Waals surface area contributed by atoms with Gasteiger partial charge in [0.1, 0.15) is 0 Å². The minimum atomic E-state index is 0.0416. The second-order valence-corrected chi connectivity index (χ2v) is 5.94. The van der Waals surface area contributed by atoms with Gasteiger partial charge in [-0.25, -0.2) is 0 Å². The predicted molar refractivity (Wildman–Crippen MR) is 80.5 cm³/mol. The third-order valence-electron chi connectivity index (χ3n) is 3.99. The number of carbonyl (C=O) groups is 1. The van der Waals surface area contributed by atoms with Crippen LogP contribution in [-0.2, 0) is 0 Å². The Labute approximate surface area is 129 Å². The maximum Gasteiger partial charge on any atom is 0.255 e. The Bertz CT molecular complexity index is 631. The van der Waals surface area contributed by atoms with E-state index in [1.165, 1.54) is 0 Å². The van der Waals surface area contributed by atoms with Crippen LogP contribution in [0.1, 0.15) is 60.7 Å². The van der Waals surface area contributed by atoms with Gasteiger partial charge in [0.15, 0.2) is 0 Å². The van der Waals surface area contributed by atoms with Gasteiger partial charge in [-0.15, -0.1) is 10.2 Å². The fourth-order valence-electron chi connectivity index (χ4n) is 2.65. The molecule has 0 radical (unpaired) electrons. The Morgan fingerprint density at radius 2 is 2.09 bits per heavy atom. The molecule has 0 unspecified atom stereocenters. The SMILES string of the molecule is CC(C)c1nnc(C2CCN(C(=O)c3cccnc3)CC2)o1. The number of piperidine rings is 1. The summed E-state index contributed by atoms with van der Waals surface area (Å²) in [7, 11) is 0. The third kappa shape index (κ3) is 3.00. The number of nitrogens with zero attached hydrogens (tertiary/aromatic N) is 4. The summed E-state index contributed by atoms with van der Waals surface area (Å²) in [4.78, 5) is 18.2. The summed E-state index contributed by atoms with van der Waals surface area (Å²) in [6.07, 6.45) is 4.99. The van der Waals surface area contributed by atoms with Crippen LogP contribution in [0, 0.1) is 0 Å². The molecule has 0 N–H and O–H groups in total. The zero-order chi connectivity index (χ0) is 15.5. The van der Waals surface area contributed by atoms with Crippen LogP contribution >= 0.6 is 0 Å². The fraction of sp³-hybridized carbons (Fsp3) is 0.500. The molecule has 22 heavy (non-hydrogen) atoms. The third-order valence-corrected chi connectivity index (χ3v) is 3.99. The quantitative estimate of drug-likeness (QED) is 0.871. The first-order valence-corrected chi connectivity index (χ1v) is 7.67. The highest BCUT2D eigenvalue weighted by Crippen LogP contribution is 2.28.